The van der Waals surface area contributed by atoms with Gasteiger partial charge in [-0.3, -0.25) is 0 Å². The molecule has 0 aromatic heterocycles. The molecule has 1 heterocycles. The Kier molecular flexibility index (Phi) is 6.05. The molecule has 0 bridgehead atoms. The van der Waals surface area contributed by atoms with Gasteiger partial charge in [0.25, 0.3) is 0 Å². The van der Waals surface area contributed by atoms with Crippen molar-refractivity contribution in [1.82, 2.24) is 10.2 Å². The number of amides is 1. The maximum absolute atomic E-state index is 12.3. The van der Waals surface area contributed by atoms with Crippen LogP contribution in [0.5, 0.6) is 0 Å². The monoisotopic (exact) mass is 290 g/mol. The number of piperidine rings is 1. The summed E-state index contributed by atoms with van der Waals surface area (Å²) in [6.07, 6.45) is 3.13. The van der Waals surface area contributed by atoms with Crippen LogP contribution in [0.1, 0.15) is 38.7 Å². The highest BCUT2D eigenvalue weighted by atomic mass is 16.6. The lowest BCUT2D eigenvalue weighted by Crippen LogP contribution is -2.49. The van der Waals surface area contributed by atoms with Gasteiger partial charge in [0.15, 0.2) is 0 Å². The van der Waals surface area contributed by atoms with Gasteiger partial charge < -0.3 is 15.0 Å². The van der Waals surface area contributed by atoms with Crippen molar-refractivity contribution in [3.05, 3.63) is 35.9 Å². The van der Waals surface area contributed by atoms with Crippen molar-refractivity contribution in [2.45, 2.75) is 51.8 Å². The number of nitrogens with zero attached hydrogens (tertiary/aromatic N) is 1. The van der Waals surface area contributed by atoms with Crippen LogP contribution in [0.4, 0.5) is 4.79 Å². The fourth-order valence-corrected chi connectivity index (χ4v) is 2.63. The molecule has 1 aliphatic heterocycles. The first-order chi connectivity index (χ1) is 10.2. The second-order valence-corrected chi connectivity index (χ2v) is 5.95. The lowest BCUT2D eigenvalue weighted by atomic mass is 10.0. The van der Waals surface area contributed by atoms with Crippen LogP contribution in [-0.2, 0) is 11.3 Å². The second kappa shape index (κ2) is 8.03. The van der Waals surface area contributed by atoms with E-state index in [0.717, 1.165) is 31.5 Å². The summed E-state index contributed by atoms with van der Waals surface area (Å²) in [5, 5.41) is 3.42. The summed E-state index contributed by atoms with van der Waals surface area (Å²) in [6, 6.07) is 10.5. The lowest BCUT2D eigenvalue weighted by molar-refractivity contribution is 0.0675. The number of ether oxygens (including phenoxy) is 1. The van der Waals surface area contributed by atoms with Gasteiger partial charge in [-0.2, -0.15) is 0 Å². The van der Waals surface area contributed by atoms with Crippen molar-refractivity contribution < 1.29 is 9.53 Å². The van der Waals surface area contributed by atoms with Crippen molar-refractivity contribution in [1.29, 1.82) is 0 Å². The Hall–Kier alpha value is -1.55. The van der Waals surface area contributed by atoms with Crippen LogP contribution >= 0.6 is 0 Å². The zero-order chi connectivity index (χ0) is 15.1. The minimum absolute atomic E-state index is 0.186. The average Bonchev–Trinajstić information content (AvgIpc) is 2.52. The van der Waals surface area contributed by atoms with E-state index in [9.17, 15) is 4.79 Å². The van der Waals surface area contributed by atoms with E-state index in [1.54, 1.807) is 0 Å². The molecule has 1 fully saturated rings. The van der Waals surface area contributed by atoms with E-state index in [1.165, 1.54) is 6.42 Å². The molecule has 116 valence electrons. The highest BCUT2D eigenvalue weighted by Crippen LogP contribution is 2.18. The molecule has 21 heavy (non-hydrogen) atoms. The fourth-order valence-electron chi connectivity index (χ4n) is 2.63. The molecule has 1 saturated heterocycles. The van der Waals surface area contributed by atoms with Gasteiger partial charge in [-0.05, 0) is 24.8 Å². The molecule has 1 N–H and O–H groups in total. The minimum atomic E-state index is -0.186. The van der Waals surface area contributed by atoms with E-state index < -0.39 is 0 Å². The third-order valence-corrected chi connectivity index (χ3v) is 3.83. The van der Waals surface area contributed by atoms with Crippen LogP contribution < -0.4 is 5.32 Å². The van der Waals surface area contributed by atoms with Crippen molar-refractivity contribution in [3.8, 4) is 0 Å². The van der Waals surface area contributed by atoms with Gasteiger partial charge in [0.2, 0.25) is 0 Å². The highest BCUT2D eigenvalue weighted by Gasteiger charge is 2.27. The second-order valence-electron chi connectivity index (χ2n) is 5.95. The molecule has 1 aliphatic rings. The number of rotatable bonds is 5. The van der Waals surface area contributed by atoms with Gasteiger partial charge in [-0.25, -0.2) is 4.79 Å². The third kappa shape index (κ3) is 5.05. The van der Waals surface area contributed by atoms with Crippen LogP contribution in [0.2, 0.25) is 0 Å². The van der Waals surface area contributed by atoms with Crippen LogP contribution in [-0.4, -0.2) is 36.2 Å². The molecule has 0 aliphatic carbocycles. The number of hydrogen-bond donors (Lipinski definition) is 1. The Balaban J connectivity index is 1.86. The smallest absolute Gasteiger partial charge is 0.410 e. The van der Waals surface area contributed by atoms with Crippen molar-refractivity contribution >= 4 is 6.09 Å². The standard InChI is InChI=1S/C17H26N2O2/c1-14(2)18-12-16-10-6-7-11-19(16)17(20)21-13-15-8-4-3-5-9-15/h3-5,8-9,14,16,18H,6-7,10-13H2,1-2H3. The number of carbonyl (C=O) groups excluding carboxylic acids is 1. The molecule has 2 rings (SSSR count). The fraction of sp³-hybridized carbons (Fsp3) is 0.588. The van der Waals surface area contributed by atoms with Gasteiger partial charge in [-0.1, -0.05) is 44.2 Å². The summed E-state index contributed by atoms with van der Waals surface area (Å²) in [4.78, 5) is 14.2. The first kappa shape index (κ1) is 15.8. The summed E-state index contributed by atoms with van der Waals surface area (Å²) in [6.45, 7) is 6.25. The Morgan fingerprint density at radius 2 is 2.10 bits per heavy atom. The van der Waals surface area contributed by atoms with E-state index in [1.807, 2.05) is 35.2 Å². The van der Waals surface area contributed by atoms with Gasteiger partial charge in [0.1, 0.15) is 6.61 Å². The summed E-state index contributed by atoms with van der Waals surface area (Å²) in [5.74, 6) is 0. The maximum Gasteiger partial charge on any atom is 0.410 e. The number of nitrogens with one attached hydrogen (secondary N) is 1. The molecule has 1 unspecified atom stereocenters. The first-order valence-electron chi connectivity index (χ1n) is 7.87. The van der Waals surface area contributed by atoms with Crippen LogP contribution in [0.25, 0.3) is 0 Å². The van der Waals surface area contributed by atoms with Crippen molar-refractivity contribution in [2.75, 3.05) is 13.1 Å². The molecular formula is C17H26N2O2. The maximum atomic E-state index is 12.3. The molecule has 1 amide bonds. The number of likely N-dealkylation sites (tertiary alicyclic amines) is 1. The number of hydrogen-bond acceptors (Lipinski definition) is 3. The molecule has 1 aromatic rings. The lowest BCUT2D eigenvalue weighted by Gasteiger charge is -2.35. The van der Waals surface area contributed by atoms with Crippen molar-refractivity contribution in [2.24, 2.45) is 0 Å². The molecule has 1 atom stereocenters. The summed E-state index contributed by atoms with van der Waals surface area (Å²) in [7, 11) is 0. The molecule has 0 radical (unpaired) electrons. The van der Waals surface area contributed by atoms with E-state index in [0.29, 0.717) is 12.6 Å². The quantitative estimate of drug-likeness (QED) is 0.905. The predicted octanol–water partition coefficient (Wildman–Crippen LogP) is 3.18. The minimum Gasteiger partial charge on any atom is -0.445 e. The van der Waals surface area contributed by atoms with Crippen LogP contribution in [0.15, 0.2) is 30.3 Å². The first-order valence-corrected chi connectivity index (χ1v) is 7.87. The van der Waals surface area contributed by atoms with Gasteiger partial charge in [0.05, 0.1) is 0 Å². The zero-order valence-electron chi connectivity index (χ0n) is 13.0. The zero-order valence-corrected chi connectivity index (χ0v) is 13.0. The van der Waals surface area contributed by atoms with Crippen molar-refractivity contribution in [3.63, 3.8) is 0 Å². The highest BCUT2D eigenvalue weighted by molar-refractivity contribution is 5.68. The van der Waals surface area contributed by atoms with Gasteiger partial charge >= 0.3 is 6.09 Å². The van der Waals surface area contributed by atoms with Crippen LogP contribution in [0, 0.1) is 0 Å². The summed E-state index contributed by atoms with van der Waals surface area (Å²) in [5.41, 5.74) is 1.03. The number of carbonyl (C=O) groups is 1. The molecule has 4 nitrogen and oxygen atoms in total. The molecule has 1 aromatic carbocycles. The van der Waals surface area contributed by atoms with E-state index in [2.05, 4.69) is 19.2 Å². The Labute approximate surface area is 127 Å². The number of benzene rings is 1. The Bertz CT molecular complexity index is 434. The summed E-state index contributed by atoms with van der Waals surface area (Å²) >= 11 is 0. The van der Waals surface area contributed by atoms with E-state index >= 15 is 0 Å². The molecule has 4 heteroatoms. The largest absolute Gasteiger partial charge is 0.445 e. The van der Waals surface area contributed by atoms with Gasteiger partial charge in [0, 0.05) is 25.2 Å². The SMILES string of the molecule is CC(C)NCC1CCCCN1C(=O)OCc1ccccc1. The summed E-state index contributed by atoms with van der Waals surface area (Å²) < 4.78 is 5.46. The molecule has 0 spiro atoms. The van der Waals surface area contributed by atoms with Gasteiger partial charge in [-0.15, -0.1) is 0 Å². The third-order valence-electron chi connectivity index (χ3n) is 3.83. The van der Waals surface area contributed by atoms with E-state index in [4.69, 9.17) is 4.74 Å². The predicted molar refractivity (Wildman–Crippen MR) is 84.1 cm³/mol. The normalized spacial score (nSPS) is 18.8. The molecule has 0 saturated carbocycles. The van der Waals surface area contributed by atoms with E-state index in [-0.39, 0.29) is 12.1 Å². The Morgan fingerprint density at radius 1 is 1.33 bits per heavy atom. The Morgan fingerprint density at radius 3 is 2.81 bits per heavy atom. The molecular weight excluding hydrogens is 264 g/mol. The van der Waals surface area contributed by atoms with Crippen LogP contribution in [0.3, 0.4) is 0 Å². The average molecular weight is 290 g/mol. The topological polar surface area (TPSA) is 41.6 Å².